The Bertz CT molecular complexity index is 505. The number of nitrogen functional groups attached to an aromatic ring is 1. The summed E-state index contributed by atoms with van der Waals surface area (Å²) in [5.74, 6) is 0.583. The smallest absolute Gasteiger partial charge is 0.129 e. The summed E-state index contributed by atoms with van der Waals surface area (Å²) in [5, 5.41) is 5.23. The van der Waals surface area contributed by atoms with Crippen molar-refractivity contribution in [2.45, 2.75) is 0 Å². The third kappa shape index (κ3) is 1.80. The third-order valence-electron chi connectivity index (χ3n) is 2.21. The van der Waals surface area contributed by atoms with Crippen molar-refractivity contribution in [3.05, 3.63) is 34.4 Å². The lowest BCUT2D eigenvalue weighted by molar-refractivity contribution is 0.779. The van der Waals surface area contributed by atoms with Crippen LogP contribution in [0.5, 0.6) is 0 Å². The molecule has 1 heterocycles. The minimum atomic E-state index is 0.571. The highest BCUT2D eigenvalue weighted by Crippen LogP contribution is 2.33. The van der Waals surface area contributed by atoms with Gasteiger partial charge in [0.05, 0.1) is 11.2 Å². The van der Waals surface area contributed by atoms with Crippen molar-refractivity contribution in [1.29, 1.82) is 0 Å². The Hall–Kier alpha value is -1.19. The molecule has 0 aliphatic heterocycles. The molecule has 1 aromatic heterocycles. The Morgan fingerprint density at radius 2 is 2.00 bits per heavy atom. The molecule has 2 aromatic rings. The molecule has 15 heavy (non-hydrogen) atoms. The highest BCUT2D eigenvalue weighted by Gasteiger charge is 2.10. The average Bonchev–Trinajstić information content (AvgIpc) is 2.49. The second-order valence-corrected chi connectivity index (χ2v) is 4.03. The van der Waals surface area contributed by atoms with E-state index in [4.69, 9.17) is 28.9 Å². The minimum absolute atomic E-state index is 0.571. The van der Waals surface area contributed by atoms with Crippen molar-refractivity contribution >= 4 is 29.0 Å². The number of hydrogen-bond donors (Lipinski definition) is 1. The summed E-state index contributed by atoms with van der Waals surface area (Å²) >= 11 is 11.9. The van der Waals surface area contributed by atoms with E-state index in [1.165, 1.54) is 0 Å². The molecule has 3 nitrogen and oxygen atoms in total. The van der Waals surface area contributed by atoms with E-state index >= 15 is 0 Å². The first kappa shape index (κ1) is 10.3. The van der Waals surface area contributed by atoms with Crippen LogP contribution in [-0.2, 0) is 7.05 Å². The van der Waals surface area contributed by atoms with E-state index < -0.39 is 0 Å². The topological polar surface area (TPSA) is 43.8 Å². The fraction of sp³-hybridized carbons (Fsp3) is 0.100. The van der Waals surface area contributed by atoms with Gasteiger partial charge in [-0.05, 0) is 12.1 Å². The van der Waals surface area contributed by atoms with Crippen molar-refractivity contribution in [2.24, 2.45) is 7.05 Å². The number of nitrogens with two attached hydrogens (primary N) is 1. The van der Waals surface area contributed by atoms with Gasteiger partial charge < -0.3 is 5.73 Å². The van der Waals surface area contributed by atoms with Crippen molar-refractivity contribution in [2.75, 3.05) is 5.73 Å². The van der Waals surface area contributed by atoms with Gasteiger partial charge in [0, 0.05) is 23.2 Å². The predicted molar refractivity (Wildman–Crippen MR) is 63.1 cm³/mol. The molecule has 0 radical (unpaired) electrons. The monoisotopic (exact) mass is 241 g/mol. The molecule has 0 saturated heterocycles. The van der Waals surface area contributed by atoms with Gasteiger partial charge in [0.1, 0.15) is 5.82 Å². The first-order valence-corrected chi connectivity index (χ1v) is 5.08. The lowest BCUT2D eigenvalue weighted by atomic mass is 10.1. The molecule has 0 atom stereocenters. The molecule has 0 unspecified atom stereocenters. The van der Waals surface area contributed by atoms with E-state index in [2.05, 4.69) is 5.10 Å². The number of aromatic nitrogens is 2. The van der Waals surface area contributed by atoms with Crippen LogP contribution in [0.3, 0.4) is 0 Å². The summed E-state index contributed by atoms with van der Waals surface area (Å²) in [7, 11) is 1.78. The first-order chi connectivity index (χ1) is 7.09. The maximum absolute atomic E-state index is 6.07. The second kappa shape index (κ2) is 3.76. The zero-order valence-electron chi connectivity index (χ0n) is 8.04. The number of benzene rings is 1. The summed E-state index contributed by atoms with van der Waals surface area (Å²) in [6.07, 6.45) is 1.68. The summed E-state index contributed by atoms with van der Waals surface area (Å²) in [6.45, 7) is 0. The number of anilines is 1. The second-order valence-electron chi connectivity index (χ2n) is 3.19. The van der Waals surface area contributed by atoms with Crippen molar-refractivity contribution in [1.82, 2.24) is 9.78 Å². The summed E-state index contributed by atoms with van der Waals surface area (Å²) in [4.78, 5) is 0. The van der Waals surface area contributed by atoms with E-state index in [1.54, 1.807) is 30.1 Å². The molecule has 0 aliphatic rings. The van der Waals surface area contributed by atoms with E-state index in [0.29, 0.717) is 15.9 Å². The van der Waals surface area contributed by atoms with Crippen LogP contribution in [0.15, 0.2) is 24.4 Å². The fourth-order valence-electron chi connectivity index (χ4n) is 1.36. The number of halogens is 2. The SMILES string of the molecule is Cn1ncc(-c2ccc(Cl)cc2Cl)c1N. The van der Waals surface area contributed by atoms with Crippen LogP contribution in [0, 0.1) is 0 Å². The van der Waals surface area contributed by atoms with Gasteiger partial charge in [0.25, 0.3) is 0 Å². The zero-order valence-corrected chi connectivity index (χ0v) is 9.55. The first-order valence-electron chi connectivity index (χ1n) is 4.32. The molecular weight excluding hydrogens is 233 g/mol. The van der Waals surface area contributed by atoms with E-state index in [9.17, 15) is 0 Å². The number of aryl methyl sites for hydroxylation is 1. The Labute approximate surface area is 97.4 Å². The van der Waals surface area contributed by atoms with Crippen LogP contribution in [0.4, 0.5) is 5.82 Å². The third-order valence-corrected chi connectivity index (χ3v) is 2.75. The van der Waals surface area contributed by atoms with Gasteiger partial charge in [-0.3, -0.25) is 4.68 Å². The van der Waals surface area contributed by atoms with Crippen LogP contribution in [0.2, 0.25) is 10.0 Å². The number of rotatable bonds is 1. The van der Waals surface area contributed by atoms with Crippen LogP contribution >= 0.6 is 23.2 Å². The molecule has 0 saturated carbocycles. The van der Waals surface area contributed by atoms with Gasteiger partial charge in [-0.1, -0.05) is 29.3 Å². The normalized spacial score (nSPS) is 10.6. The maximum atomic E-state index is 6.07. The number of hydrogen-bond acceptors (Lipinski definition) is 2. The van der Waals surface area contributed by atoms with E-state index in [-0.39, 0.29) is 0 Å². The molecule has 5 heteroatoms. The Morgan fingerprint density at radius 3 is 2.53 bits per heavy atom. The van der Waals surface area contributed by atoms with Crippen molar-refractivity contribution in [3.63, 3.8) is 0 Å². The molecule has 78 valence electrons. The highest BCUT2D eigenvalue weighted by atomic mass is 35.5. The Balaban J connectivity index is 2.59. The molecule has 0 aliphatic carbocycles. The highest BCUT2D eigenvalue weighted by molar-refractivity contribution is 6.36. The van der Waals surface area contributed by atoms with Crippen LogP contribution in [-0.4, -0.2) is 9.78 Å². The lowest BCUT2D eigenvalue weighted by Gasteiger charge is -2.03. The van der Waals surface area contributed by atoms with Crippen molar-refractivity contribution in [3.8, 4) is 11.1 Å². The van der Waals surface area contributed by atoms with Gasteiger partial charge in [-0.25, -0.2) is 0 Å². The summed E-state index contributed by atoms with van der Waals surface area (Å²) in [5.41, 5.74) is 7.51. The standard InChI is InChI=1S/C10H9Cl2N3/c1-15-10(13)8(5-14-15)7-3-2-6(11)4-9(7)12/h2-5H,13H2,1H3. The molecule has 0 spiro atoms. The summed E-state index contributed by atoms with van der Waals surface area (Å²) in [6, 6.07) is 5.29. The average molecular weight is 242 g/mol. The largest absolute Gasteiger partial charge is 0.383 e. The minimum Gasteiger partial charge on any atom is -0.383 e. The van der Waals surface area contributed by atoms with Gasteiger partial charge in [0.15, 0.2) is 0 Å². The summed E-state index contributed by atoms with van der Waals surface area (Å²) < 4.78 is 1.60. The van der Waals surface area contributed by atoms with Gasteiger partial charge >= 0.3 is 0 Å². The molecule has 2 N–H and O–H groups in total. The van der Waals surface area contributed by atoms with Gasteiger partial charge in [-0.2, -0.15) is 5.10 Å². The van der Waals surface area contributed by atoms with Crippen LogP contribution in [0.25, 0.3) is 11.1 Å². The molecule has 0 bridgehead atoms. The maximum Gasteiger partial charge on any atom is 0.129 e. The Kier molecular flexibility index (Phi) is 2.59. The molecular formula is C10H9Cl2N3. The van der Waals surface area contributed by atoms with E-state index in [1.807, 2.05) is 6.07 Å². The zero-order chi connectivity index (χ0) is 11.0. The lowest BCUT2D eigenvalue weighted by Crippen LogP contribution is -1.98. The fourth-order valence-corrected chi connectivity index (χ4v) is 1.87. The Morgan fingerprint density at radius 1 is 1.27 bits per heavy atom. The quantitative estimate of drug-likeness (QED) is 0.835. The van der Waals surface area contributed by atoms with Gasteiger partial charge in [-0.15, -0.1) is 0 Å². The molecule has 0 fully saturated rings. The number of nitrogens with zero attached hydrogens (tertiary/aromatic N) is 2. The van der Waals surface area contributed by atoms with Gasteiger partial charge in [0.2, 0.25) is 0 Å². The van der Waals surface area contributed by atoms with E-state index in [0.717, 1.165) is 11.1 Å². The van der Waals surface area contributed by atoms with Crippen molar-refractivity contribution < 1.29 is 0 Å². The van der Waals surface area contributed by atoms with Crippen LogP contribution in [0.1, 0.15) is 0 Å². The molecule has 0 amide bonds. The molecule has 1 aromatic carbocycles. The van der Waals surface area contributed by atoms with Crippen LogP contribution < -0.4 is 5.73 Å². The molecule has 2 rings (SSSR count). The predicted octanol–water partition coefficient (Wildman–Crippen LogP) is 2.98.